The average Bonchev–Trinajstić information content (AvgIpc) is 3.75. The number of carbonyl (C=O) groups is 1. The van der Waals surface area contributed by atoms with Crippen LogP contribution in [0.2, 0.25) is 0 Å². The molecule has 0 bridgehead atoms. The third-order valence-electron chi connectivity index (χ3n) is 5.82. The Labute approximate surface area is 215 Å². The van der Waals surface area contributed by atoms with Crippen LogP contribution in [0.25, 0.3) is 22.2 Å². The van der Waals surface area contributed by atoms with Gasteiger partial charge in [0.2, 0.25) is 11.6 Å². The molecular weight excluding hydrogens is 500 g/mol. The highest BCUT2D eigenvalue weighted by atomic mass is 19.1. The van der Waals surface area contributed by atoms with Gasteiger partial charge in [-0.3, -0.25) is 14.8 Å². The smallest absolute Gasteiger partial charge is 0.250 e. The zero-order chi connectivity index (χ0) is 26.8. The van der Waals surface area contributed by atoms with E-state index in [4.69, 9.17) is 29.8 Å². The number of primary amides is 1. The molecule has 4 aromatic rings. The van der Waals surface area contributed by atoms with Crippen LogP contribution in [0.3, 0.4) is 0 Å². The van der Waals surface area contributed by atoms with E-state index in [1.54, 1.807) is 12.1 Å². The Morgan fingerprint density at radius 1 is 1.08 bits per heavy atom. The van der Waals surface area contributed by atoms with Gasteiger partial charge < -0.3 is 29.8 Å². The van der Waals surface area contributed by atoms with Crippen molar-refractivity contribution in [2.75, 3.05) is 20.3 Å². The molecule has 0 spiro atoms. The van der Waals surface area contributed by atoms with Crippen LogP contribution in [-0.4, -0.2) is 47.4 Å². The van der Waals surface area contributed by atoms with E-state index >= 15 is 8.78 Å². The maximum atomic E-state index is 15.9. The number of ether oxygens (including phenoxy) is 4. The Morgan fingerprint density at radius 3 is 2.61 bits per heavy atom. The standard InChI is InChI=1S/C27H23F2N3O6/c1-35-21-13-19-16(12-22(21)36-10-9-33)20(6-8-31-19)38-26-18(28)11-17(25(23(26)29)37-14-4-5-14)24-15(27(30)34)3-2-7-32-24/h2-3,6-8,11-14,33H,4-5,9-10H2,1H3,(H2,30,34). The number of aromatic nitrogens is 2. The summed E-state index contributed by atoms with van der Waals surface area (Å²) in [7, 11) is 1.45. The lowest BCUT2D eigenvalue weighted by atomic mass is 10.0. The van der Waals surface area contributed by atoms with E-state index in [-0.39, 0.29) is 53.4 Å². The molecule has 0 aliphatic heterocycles. The van der Waals surface area contributed by atoms with E-state index in [0.29, 0.717) is 29.5 Å². The zero-order valence-corrected chi connectivity index (χ0v) is 20.2. The molecule has 2 heterocycles. The number of pyridine rings is 2. The predicted molar refractivity (Wildman–Crippen MR) is 133 cm³/mol. The predicted octanol–water partition coefficient (Wildman–Crippen LogP) is 4.39. The van der Waals surface area contributed by atoms with Crippen LogP contribution < -0.4 is 24.7 Å². The first-order valence-corrected chi connectivity index (χ1v) is 11.7. The molecule has 0 unspecified atom stereocenters. The summed E-state index contributed by atoms with van der Waals surface area (Å²) in [6.07, 6.45) is 3.94. The molecule has 1 amide bonds. The van der Waals surface area contributed by atoms with Gasteiger partial charge in [0.25, 0.3) is 5.91 Å². The highest BCUT2D eigenvalue weighted by Gasteiger charge is 2.31. The van der Waals surface area contributed by atoms with Crippen molar-refractivity contribution < 1.29 is 37.6 Å². The molecule has 1 fully saturated rings. The van der Waals surface area contributed by atoms with Gasteiger partial charge in [-0.1, -0.05) is 0 Å². The molecule has 1 aliphatic rings. The maximum Gasteiger partial charge on any atom is 0.250 e. The lowest BCUT2D eigenvalue weighted by Crippen LogP contribution is -2.14. The molecule has 1 aliphatic carbocycles. The number of hydrogen-bond acceptors (Lipinski definition) is 8. The van der Waals surface area contributed by atoms with E-state index in [0.717, 1.165) is 6.07 Å². The molecule has 2 aromatic heterocycles. The second kappa shape index (κ2) is 10.5. The van der Waals surface area contributed by atoms with E-state index in [9.17, 15) is 4.79 Å². The van der Waals surface area contributed by atoms with E-state index in [2.05, 4.69) is 9.97 Å². The summed E-state index contributed by atoms with van der Waals surface area (Å²) in [5, 5.41) is 9.52. The maximum absolute atomic E-state index is 15.9. The summed E-state index contributed by atoms with van der Waals surface area (Å²) >= 11 is 0. The van der Waals surface area contributed by atoms with Crippen molar-refractivity contribution in [3.05, 3.63) is 66.0 Å². The van der Waals surface area contributed by atoms with Gasteiger partial charge in [0, 0.05) is 29.4 Å². The van der Waals surface area contributed by atoms with Gasteiger partial charge in [0.15, 0.2) is 23.1 Å². The Morgan fingerprint density at radius 2 is 1.89 bits per heavy atom. The molecule has 3 N–H and O–H groups in total. The van der Waals surface area contributed by atoms with Gasteiger partial charge in [0.05, 0.1) is 36.6 Å². The van der Waals surface area contributed by atoms with Crippen LogP contribution in [0.5, 0.6) is 28.7 Å². The molecule has 1 saturated carbocycles. The fourth-order valence-electron chi connectivity index (χ4n) is 3.90. The minimum atomic E-state index is -1.09. The third kappa shape index (κ3) is 4.88. The van der Waals surface area contributed by atoms with Crippen molar-refractivity contribution in [3.63, 3.8) is 0 Å². The molecule has 2 aromatic carbocycles. The molecule has 5 rings (SSSR count). The number of fused-ring (bicyclic) bond motifs is 1. The summed E-state index contributed by atoms with van der Waals surface area (Å²) in [5.41, 5.74) is 5.81. The Kier molecular flexibility index (Phi) is 6.93. The number of amides is 1. The number of methoxy groups -OCH3 is 1. The monoisotopic (exact) mass is 523 g/mol. The molecular formula is C27H23F2N3O6. The lowest BCUT2D eigenvalue weighted by Gasteiger charge is -2.18. The van der Waals surface area contributed by atoms with Crippen molar-refractivity contribution in [2.24, 2.45) is 5.73 Å². The normalized spacial score (nSPS) is 12.8. The SMILES string of the molecule is COc1cc2nccc(Oc3c(F)cc(-c4ncccc4C(N)=O)c(OC4CC4)c3F)c2cc1OCCO. The first kappa shape index (κ1) is 25.2. The average molecular weight is 523 g/mol. The molecule has 0 radical (unpaired) electrons. The summed E-state index contributed by atoms with van der Waals surface area (Å²) in [6, 6.07) is 8.50. The number of nitrogens with zero attached hydrogens (tertiary/aromatic N) is 2. The first-order valence-electron chi connectivity index (χ1n) is 11.7. The number of benzene rings is 2. The van der Waals surface area contributed by atoms with Crippen molar-refractivity contribution >= 4 is 16.8 Å². The number of halogens is 2. The Balaban J connectivity index is 1.63. The molecule has 0 saturated heterocycles. The number of aliphatic hydroxyl groups is 1. The Hall–Kier alpha value is -4.51. The first-order chi connectivity index (χ1) is 18.4. The Bertz CT molecular complexity index is 1530. The van der Waals surface area contributed by atoms with Crippen molar-refractivity contribution in [2.45, 2.75) is 18.9 Å². The number of aliphatic hydroxyl groups excluding tert-OH is 1. The second-order valence-corrected chi connectivity index (χ2v) is 8.46. The second-order valence-electron chi connectivity index (χ2n) is 8.46. The van der Waals surface area contributed by atoms with Gasteiger partial charge in [-0.15, -0.1) is 0 Å². The number of carbonyl (C=O) groups excluding carboxylic acids is 1. The fourth-order valence-corrected chi connectivity index (χ4v) is 3.90. The van der Waals surface area contributed by atoms with E-state index in [1.165, 1.54) is 37.7 Å². The van der Waals surface area contributed by atoms with E-state index < -0.39 is 23.3 Å². The molecule has 38 heavy (non-hydrogen) atoms. The summed E-state index contributed by atoms with van der Waals surface area (Å²) in [6.45, 7) is -0.219. The fraction of sp³-hybridized carbons (Fsp3) is 0.222. The highest BCUT2D eigenvalue weighted by molar-refractivity contribution is 5.99. The van der Waals surface area contributed by atoms with Gasteiger partial charge in [-0.25, -0.2) is 4.39 Å². The number of nitrogens with two attached hydrogens (primary N) is 1. The molecule has 196 valence electrons. The quantitative estimate of drug-likeness (QED) is 0.314. The van der Waals surface area contributed by atoms with Gasteiger partial charge >= 0.3 is 0 Å². The van der Waals surface area contributed by atoms with Crippen LogP contribution in [0.4, 0.5) is 8.78 Å². The van der Waals surface area contributed by atoms with Crippen molar-refractivity contribution in [1.82, 2.24) is 9.97 Å². The highest BCUT2D eigenvalue weighted by Crippen LogP contribution is 2.45. The van der Waals surface area contributed by atoms with Gasteiger partial charge in [0.1, 0.15) is 12.4 Å². The molecule has 9 nitrogen and oxygen atoms in total. The van der Waals surface area contributed by atoms with Crippen molar-refractivity contribution in [1.29, 1.82) is 0 Å². The summed E-state index contributed by atoms with van der Waals surface area (Å²) in [5.74, 6) is -3.21. The van der Waals surface area contributed by atoms with Crippen LogP contribution in [-0.2, 0) is 0 Å². The molecule has 11 heteroatoms. The van der Waals surface area contributed by atoms with Crippen LogP contribution >= 0.6 is 0 Å². The minimum Gasteiger partial charge on any atom is -0.493 e. The third-order valence-corrected chi connectivity index (χ3v) is 5.82. The van der Waals surface area contributed by atoms with Crippen LogP contribution in [0, 0.1) is 11.6 Å². The van der Waals surface area contributed by atoms with Crippen LogP contribution in [0.15, 0.2) is 48.8 Å². The largest absolute Gasteiger partial charge is 0.493 e. The van der Waals surface area contributed by atoms with E-state index in [1.807, 2.05) is 0 Å². The summed E-state index contributed by atoms with van der Waals surface area (Å²) in [4.78, 5) is 20.4. The van der Waals surface area contributed by atoms with Gasteiger partial charge in [-0.05, 0) is 43.2 Å². The number of hydrogen-bond donors (Lipinski definition) is 2. The molecule has 0 atom stereocenters. The number of rotatable bonds is 10. The zero-order valence-electron chi connectivity index (χ0n) is 20.2. The summed E-state index contributed by atoms with van der Waals surface area (Å²) < 4.78 is 53.8. The van der Waals surface area contributed by atoms with Crippen LogP contribution in [0.1, 0.15) is 23.2 Å². The van der Waals surface area contributed by atoms with Crippen molar-refractivity contribution in [3.8, 4) is 40.0 Å². The minimum absolute atomic E-state index is 0.00567. The topological polar surface area (TPSA) is 126 Å². The van der Waals surface area contributed by atoms with Gasteiger partial charge in [-0.2, -0.15) is 4.39 Å². The lowest BCUT2D eigenvalue weighted by molar-refractivity contribution is 0.100.